The summed E-state index contributed by atoms with van der Waals surface area (Å²) < 4.78 is 4.23. The van der Waals surface area contributed by atoms with E-state index in [0.717, 1.165) is 28.7 Å². The van der Waals surface area contributed by atoms with E-state index in [4.69, 9.17) is 0 Å². The Morgan fingerprint density at radius 2 is 2.31 bits per heavy atom. The molecule has 0 saturated heterocycles. The minimum Gasteiger partial charge on any atom is -0.375 e. The van der Waals surface area contributed by atoms with Crippen LogP contribution in [0, 0.1) is 12.8 Å². The Morgan fingerprint density at radius 1 is 1.56 bits per heavy atom. The molecule has 1 aliphatic carbocycles. The van der Waals surface area contributed by atoms with Gasteiger partial charge in [-0.1, -0.05) is 19.3 Å². The normalized spacial score (nSPS) is 15.9. The molecule has 1 aromatic heterocycles. The van der Waals surface area contributed by atoms with Crippen LogP contribution in [0.25, 0.3) is 0 Å². The fourth-order valence-electron chi connectivity index (χ4n) is 2.08. The molecule has 1 aliphatic rings. The molecule has 88 valence electrons. The lowest BCUT2D eigenvalue weighted by atomic mass is 9.83. The molecule has 0 bridgehead atoms. The molecule has 2 rings (SSSR count). The maximum absolute atomic E-state index is 11.4. The summed E-state index contributed by atoms with van der Waals surface area (Å²) in [4.78, 5) is 11.4. The molecule has 1 heterocycles. The van der Waals surface area contributed by atoms with Crippen molar-refractivity contribution in [1.29, 1.82) is 0 Å². The number of rotatable bonds is 5. The molecule has 0 spiro atoms. The third kappa shape index (κ3) is 2.43. The second-order valence-corrected chi connectivity index (χ2v) is 5.31. The summed E-state index contributed by atoms with van der Waals surface area (Å²) in [7, 11) is 0. The Hall–Kier alpha value is -0.900. The van der Waals surface area contributed by atoms with Gasteiger partial charge in [-0.3, -0.25) is 4.79 Å². The van der Waals surface area contributed by atoms with Gasteiger partial charge in [0.1, 0.15) is 5.00 Å². The number of Topliss-reactive ketones (excluding diaryl/α,β-unsaturated/α-hetero) is 1. The van der Waals surface area contributed by atoms with Crippen molar-refractivity contribution in [3.8, 4) is 0 Å². The Kier molecular flexibility index (Phi) is 3.59. The van der Waals surface area contributed by atoms with Crippen molar-refractivity contribution in [2.45, 2.75) is 39.5 Å². The molecule has 0 atom stereocenters. The highest BCUT2D eigenvalue weighted by Gasteiger charge is 2.18. The van der Waals surface area contributed by atoms with Gasteiger partial charge in [0.15, 0.2) is 5.78 Å². The molecular formula is C12H18N2OS. The molecule has 0 unspecified atom stereocenters. The fourth-order valence-corrected chi connectivity index (χ4v) is 2.95. The fraction of sp³-hybridized carbons (Fsp3) is 0.667. The smallest absolute Gasteiger partial charge is 0.164 e. The zero-order valence-corrected chi connectivity index (χ0v) is 10.7. The van der Waals surface area contributed by atoms with Crippen LogP contribution in [-0.4, -0.2) is 16.7 Å². The lowest BCUT2D eigenvalue weighted by Gasteiger charge is -2.25. The first-order chi connectivity index (χ1) is 7.68. The summed E-state index contributed by atoms with van der Waals surface area (Å²) in [5, 5.41) is 4.30. The van der Waals surface area contributed by atoms with Gasteiger partial charge in [0.2, 0.25) is 0 Å². The summed E-state index contributed by atoms with van der Waals surface area (Å²) in [5.74, 6) is 1.01. The van der Waals surface area contributed by atoms with Crippen molar-refractivity contribution in [3.05, 3.63) is 11.3 Å². The maximum Gasteiger partial charge on any atom is 0.164 e. The highest BCUT2D eigenvalue weighted by molar-refractivity contribution is 7.10. The van der Waals surface area contributed by atoms with E-state index >= 15 is 0 Å². The molecule has 1 aromatic rings. The topological polar surface area (TPSA) is 42.0 Å². The lowest BCUT2D eigenvalue weighted by molar-refractivity contribution is 0.101. The van der Waals surface area contributed by atoms with E-state index in [-0.39, 0.29) is 5.78 Å². The zero-order valence-electron chi connectivity index (χ0n) is 9.88. The number of carbonyl (C=O) groups is 1. The van der Waals surface area contributed by atoms with Gasteiger partial charge in [0.25, 0.3) is 0 Å². The predicted molar refractivity (Wildman–Crippen MR) is 67.3 cm³/mol. The number of hydrogen-bond donors (Lipinski definition) is 1. The second-order valence-electron chi connectivity index (χ2n) is 4.54. The quantitative estimate of drug-likeness (QED) is 0.801. The summed E-state index contributed by atoms with van der Waals surface area (Å²) in [5.41, 5.74) is 1.63. The standard InChI is InChI=1S/C12H18N2OS/c1-8-11(9(2)15)12(16-14-8)13-7-6-10-4-3-5-10/h10,13H,3-7H2,1-2H3. The summed E-state index contributed by atoms with van der Waals surface area (Å²) in [6.07, 6.45) is 5.36. The van der Waals surface area contributed by atoms with E-state index in [1.807, 2.05) is 6.92 Å². The number of anilines is 1. The van der Waals surface area contributed by atoms with Crippen LogP contribution in [0.15, 0.2) is 0 Å². The summed E-state index contributed by atoms with van der Waals surface area (Å²) in [6.45, 7) is 4.46. The Morgan fingerprint density at radius 3 is 2.88 bits per heavy atom. The summed E-state index contributed by atoms with van der Waals surface area (Å²) in [6, 6.07) is 0. The molecule has 1 fully saturated rings. The number of nitrogens with one attached hydrogen (secondary N) is 1. The zero-order chi connectivity index (χ0) is 11.5. The van der Waals surface area contributed by atoms with Crippen molar-refractivity contribution in [3.63, 3.8) is 0 Å². The number of aryl methyl sites for hydroxylation is 1. The number of ketones is 1. The Bertz CT molecular complexity index is 382. The molecule has 4 heteroatoms. The van der Waals surface area contributed by atoms with Gasteiger partial charge in [-0.2, -0.15) is 4.37 Å². The van der Waals surface area contributed by atoms with Crippen LogP contribution in [0.4, 0.5) is 5.00 Å². The van der Waals surface area contributed by atoms with E-state index in [1.165, 1.54) is 37.2 Å². The molecule has 0 amide bonds. The number of nitrogens with zero attached hydrogens (tertiary/aromatic N) is 1. The van der Waals surface area contributed by atoms with Gasteiger partial charge in [-0.05, 0) is 37.7 Å². The van der Waals surface area contributed by atoms with E-state index in [1.54, 1.807) is 6.92 Å². The average Bonchev–Trinajstić information content (AvgIpc) is 2.51. The van der Waals surface area contributed by atoms with E-state index in [0.29, 0.717) is 0 Å². The first kappa shape index (κ1) is 11.6. The number of carbonyl (C=O) groups excluding carboxylic acids is 1. The van der Waals surface area contributed by atoms with Crippen LogP contribution in [0.1, 0.15) is 48.7 Å². The summed E-state index contributed by atoms with van der Waals surface area (Å²) >= 11 is 1.40. The van der Waals surface area contributed by atoms with Gasteiger partial charge < -0.3 is 5.32 Å². The van der Waals surface area contributed by atoms with E-state index < -0.39 is 0 Å². The van der Waals surface area contributed by atoms with E-state index in [2.05, 4.69) is 9.69 Å². The van der Waals surface area contributed by atoms with Gasteiger partial charge in [0, 0.05) is 6.54 Å². The molecular weight excluding hydrogens is 220 g/mol. The largest absolute Gasteiger partial charge is 0.375 e. The molecule has 3 nitrogen and oxygen atoms in total. The minimum atomic E-state index is 0.109. The van der Waals surface area contributed by atoms with Crippen LogP contribution < -0.4 is 5.32 Å². The highest BCUT2D eigenvalue weighted by Crippen LogP contribution is 2.30. The van der Waals surface area contributed by atoms with Crippen molar-refractivity contribution >= 4 is 22.3 Å². The van der Waals surface area contributed by atoms with Crippen LogP contribution in [0.2, 0.25) is 0 Å². The highest BCUT2D eigenvalue weighted by atomic mass is 32.1. The minimum absolute atomic E-state index is 0.109. The van der Waals surface area contributed by atoms with E-state index in [9.17, 15) is 4.79 Å². The number of aromatic nitrogens is 1. The molecule has 1 N–H and O–H groups in total. The average molecular weight is 238 g/mol. The number of hydrogen-bond acceptors (Lipinski definition) is 4. The molecule has 1 saturated carbocycles. The van der Waals surface area contributed by atoms with Gasteiger partial charge >= 0.3 is 0 Å². The van der Waals surface area contributed by atoms with Crippen LogP contribution >= 0.6 is 11.5 Å². The van der Waals surface area contributed by atoms with Gasteiger partial charge in [-0.25, -0.2) is 0 Å². The SMILES string of the molecule is CC(=O)c1c(C)nsc1NCCC1CCC1. The van der Waals surface area contributed by atoms with Crippen LogP contribution in [0.3, 0.4) is 0 Å². The molecule has 0 radical (unpaired) electrons. The second kappa shape index (κ2) is 4.95. The Labute approximate surface area is 100 Å². The first-order valence-electron chi connectivity index (χ1n) is 5.89. The van der Waals surface area contributed by atoms with Crippen molar-refractivity contribution < 1.29 is 4.79 Å². The van der Waals surface area contributed by atoms with Crippen molar-refractivity contribution in [1.82, 2.24) is 4.37 Å². The third-order valence-electron chi connectivity index (χ3n) is 3.28. The van der Waals surface area contributed by atoms with Gasteiger partial charge in [-0.15, -0.1) is 0 Å². The first-order valence-corrected chi connectivity index (χ1v) is 6.67. The molecule has 0 aromatic carbocycles. The van der Waals surface area contributed by atoms with Crippen LogP contribution in [0.5, 0.6) is 0 Å². The van der Waals surface area contributed by atoms with Crippen LogP contribution in [-0.2, 0) is 0 Å². The predicted octanol–water partition coefficient (Wildman–Crippen LogP) is 3.26. The molecule has 0 aliphatic heterocycles. The monoisotopic (exact) mass is 238 g/mol. The molecule has 16 heavy (non-hydrogen) atoms. The lowest BCUT2D eigenvalue weighted by Crippen LogP contribution is -2.15. The van der Waals surface area contributed by atoms with Crippen molar-refractivity contribution in [2.24, 2.45) is 5.92 Å². The third-order valence-corrected chi connectivity index (χ3v) is 4.17. The maximum atomic E-state index is 11.4. The van der Waals surface area contributed by atoms with Crippen molar-refractivity contribution in [2.75, 3.05) is 11.9 Å². The Balaban J connectivity index is 1.90. The van der Waals surface area contributed by atoms with Gasteiger partial charge in [0.05, 0.1) is 11.3 Å².